The van der Waals surface area contributed by atoms with Crippen LogP contribution in [0.2, 0.25) is 0 Å². The molecule has 39 heavy (non-hydrogen) atoms. The van der Waals surface area contributed by atoms with Gasteiger partial charge in [-0.2, -0.15) is 0 Å². The summed E-state index contributed by atoms with van der Waals surface area (Å²) in [6.45, 7) is 1.89. The Morgan fingerprint density at radius 3 is 2.64 bits per heavy atom. The number of thioether (sulfide) groups is 1. The number of ether oxygens (including phenoxy) is 2. The number of aromatic nitrogens is 1. The number of esters is 1. The monoisotopic (exact) mass is 561 g/mol. The average Bonchev–Trinajstić information content (AvgIpc) is 3.38. The first-order valence-electron chi connectivity index (χ1n) is 12.4. The number of nitrogens with one attached hydrogen (secondary N) is 1. The largest absolute Gasteiger partial charge is 0.497 e. The van der Waals surface area contributed by atoms with Crippen LogP contribution < -0.4 is 10.1 Å². The third-order valence-electron chi connectivity index (χ3n) is 6.34. The first-order valence-corrected chi connectivity index (χ1v) is 13.8. The van der Waals surface area contributed by atoms with Crippen LogP contribution in [-0.2, 0) is 27.4 Å². The highest BCUT2D eigenvalue weighted by Gasteiger charge is 2.53. The van der Waals surface area contributed by atoms with Gasteiger partial charge >= 0.3 is 5.97 Å². The van der Waals surface area contributed by atoms with Gasteiger partial charge in [0.1, 0.15) is 29.5 Å². The first-order chi connectivity index (χ1) is 18.9. The van der Waals surface area contributed by atoms with E-state index >= 15 is 0 Å². The number of hydrogen-bond donors (Lipinski definition) is 1. The van der Waals surface area contributed by atoms with Gasteiger partial charge in [0.15, 0.2) is 5.76 Å². The molecule has 2 aliphatic rings. The number of allylic oxidation sites excluding steroid dienone is 1. The van der Waals surface area contributed by atoms with Gasteiger partial charge in [-0.25, -0.2) is 4.79 Å². The summed E-state index contributed by atoms with van der Waals surface area (Å²) >= 11 is 7.11. The third-order valence-corrected chi connectivity index (χ3v) is 7.90. The van der Waals surface area contributed by atoms with Crippen LogP contribution in [-0.4, -0.2) is 51.2 Å². The minimum absolute atomic E-state index is 0.0628. The Morgan fingerprint density at radius 1 is 1.18 bits per heavy atom. The number of fused-ring (bicyclic) bond motifs is 1. The number of thiocarbonyl (C=S) groups is 1. The standard InChI is InChI=1S/C29H27N3O5S2/c1-18-14-23(37-31-18)13-10-21-17-39-28-25(30-24(38)15-19-6-4-3-5-7-19)27(33)32(28)26(21)29(34)36-16-20-8-11-22(35-2)12-9-20/h3-14,25,28H,15-17H2,1-2H3,(H,30,38)/t25-,28-/m1/s1. The highest BCUT2D eigenvalue weighted by Crippen LogP contribution is 2.41. The van der Waals surface area contributed by atoms with Crippen molar-refractivity contribution in [1.82, 2.24) is 15.4 Å². The highest BCUT2D eigenvalue weighted by molar-refractivity contribution is 8.00. The van der Waals surface area contributed by atoms with Gasteiger partial charge in [0.05, 0.1) is 17.8 Å². The van der Waals surface area contributed by atoms with Crippen molar-refractivity contribution in [1.29, 1.82) is 0 Å². The maximum atomic E-state index is 13.4. The summed E-state index contributed by atoms with van der Waals surface area (Å²) in [5, 5.41) is 6.83. The molecule has 1 N–H and O–H groups in total. The lowest BCUT2D eigenvalue weighted by Gasteiger charge is -2.49. The highest BCUT2D eigenvalue weighted by atomic mass is 32.2. The fraction of sp³-hybridized carbons (Fsp3) is 0.241. The summed E-state index contributed by atoms with van der Waals surface area (Å²) < 4.78 is 16.1. The average molecular weight is 562 g/mol. The zero-order chi connectivity index (χ0) is 27.4. The third kappa shape index (κ3) is 6.07. The number of benzene rings is 2. The van der Waals surface area contributed by atoms with E-state index in [4.69, 9.17) is 26.2 Å². The summed E-state index contributed by atoms with van der Waals surface area (Å²) in [6.07, 6.45) is 4.05. The van der Waals surface area contributed by atoms with E-state index in [1.807, 2.05) is 49.4 Å². The Hall–Kier alpha value is -3.89. The van der Waals surface area contributed by atoms with E-state index in [1.165, 1.54) is 4.90 Å². The van der Waals surface area contributed by atoms with E-state index in [2.05, 4.69) is 10.5 Å². The number of methoxy groups -OCH3 is 1. The molecule has 2 aromatic carbocycles. The van der Waals surface area contributed by atoms with E-state index in [-0.39, 0.29) is 23.6 Å². The zero-order valence-electron chi connectivity index (χ0n) is 21.5. The summed E-state index contributed by atoms with van der Waals surface area (Å²) in [5.74, 6) is 0.988. The number of rotatable bonds is 9. The molecular weight excluding hydrogens is 534 g/mol. The predicted molar refractivity (Wildman–Crippen MR) is 153 cm³/mol. The Labute approximate surface area is 236 Å². The van der Waals surface area contributed by atoms with Gasteiger partial charge in [0.2, 0.25) is 0 Å². The molecule has 0 saturated carbocycles. The van der Waals surface area contributed by atoms with Gasteiger partial charge in [0, 0.05) is 18.2 Å². The van der Waals surface area contributed by atoms with Crippen LogP contribution in [0.1, 0.15) is 22.6 Å². The lowest BCUT2D eigenvalue weighted by molar-refractivity contribution is -0.152. The lowest BCUT2D eigenvalue weighted by Crippen LogP contribution is -2.70. The number of amides is 1. The maximum Gasteiger partial charge on any atom is 0.355 e. The molecule has 0 aliphatic carbocycles. The van der Waals surface area contributed by atoms with E-state index in [9.17, 15) is 9.59 Å². The molecule has 2 aliphatic heterocycles. The number of carbonyl (C=O) groups is 2. The number of carbonyl (C=O) groups excluding carboxylic acids is 2. The minimum Gasteiger partial charge on any atom is -0.497 e. The van der Waals surface area contributed by atoms with Crippen molar-refractivity contribution in [2.75, 3.05) is 12.9 Å². The molecule has 0 spiro atoms. The summed E-state index contributed by atoms with van der Waals surface area (Å²) in [6, 6.07) is 18.4. The maximum absolute atomic E-state index is 13.4. The molecule has 1 saturated heterocycles. The molecule has 0 radical (unpaired) electrons. The van der Waals surface area contributed by atoms with Gasteiger partial charge < -0.3 is 19.3 Å². The number of nitrogens with zero attached hydrogens (tertiary/aromatic N) is 2. The second-order valence-corrected chi connectivity index (χ2v) is 10.7. The van der Waals surface area contributed by atoms with Crippen molar-refractivity contribution in [2.45, 2.75) is 31.4 Å². The fourth-order valence-electron chi connectivity index (χ4n) is 4.35. The van der Waals surface area contributed by atoms with Crippen molar-refractivity contribution < 1.29 is 23.6 Å². The van der Waals surface area contributed by atoms with Crippen LogP contribution in [0.3, 0.4) is 0 Å². The van der Waals surface area contributed by atoms with Crippen LogP contribution in [0, 0.1) is 6.92 Å². The Bertz CT molecular complexity index is 1430. The number of β-lactam (4-membered cyclic amide) rings is 1. The van der Waals surface area contributed by atoms with Gasteiger partial charge in [-0.3, -0.25) is 9.69 Å². The molecule has 8 nitrogen and oxygen atoms in total. The van der Waals surface area contributed by atoms with Crippen LogP contribution in [0.4, 0.5) is 0 Å². The van der Waals surface area contributed by atoms with Crippen molar-refractivity contribution >= 4 is 46.9 Å². The van der Waals surface area contributed by atoms with Crippen molar-refractivity contribution in [3.05, 3.63) is 101 Å². The Morgan fingerprint density at radius 2 is 1.95 bits per heavy atom. The Balaban J connectivity index is 1.33. The van der Waals surface area contributed by atoms with E-state index in [0.717, 1.165) is 16.8 Å². The smallest absolute Gasteiger partial charge is 0.355 e. The topological polar surface area (TPSA) is 93.9 Å². The second kappa shape index (κ2) is 11.9. The molecule has 0 bridgehead atoms. The molecule has 3 heterocycles. The molecule has 1 fully saturated rings. The second-order valence-electron chi connectivity index (χ2n) is 9.12. The number of aryl methyl sites for hydroxylation is 1. The molecule has 0 unspecified atom stereocenters. The molecule has 200 valence electrons. The minimum atomic E-state index is -0.566. The molecule has 10 heteroatoms. The van der Waals surface area contributed by atoms with Gasteiger partial charge in [0.25, 0.3) is 5.91 Å². The van der Waals surface area contributed by atoms with Crippen LogP contribution in [0.25, 0.3) is 6.08 Å². The molecule has 5 rings (SSSR count). The zero-order valence-corrected chi connectivity index (χ0v) is 23.1. The SMILES string of the molecule is COc1ccc(COC(=O)C2=C(C=Cc3cc(C)no3)CS[C@@H]3[C@H](NC(=S)Cc4ccccc4)C(=O)N23)cc1. The molecule has 1 amide bonds. The van der Waals surface area contributed by atoms with E-state index in [1.54, 1.807) is 49.2 Å². The van der Waals surface area contributed by atoms with Crippen LogP contribution in [0.5, 0.6) is 5.75 Å². The predicted octanol–water partition coefficient (Wildman–Crippen LogP) is 4.45. The summed E-state index contributed by atoms with van der Waals surface area (Å²) in [7, 11) is 1.59. The van der Waals surface area contributed by atoms with Crippen LogP contribution in [0.15, 0.2) is 82.5 Å². The Kier molecular flexibility index (Phi) is 8.13. The first kappa shape index (κ1) is 26.7. The molecule has 2 atom stereocenters. The number of hydrogen-bond acceptors (Lipinski definition) is 8. The quantitative estimate of drug-likeness (QED) is 0.231. The lowest BCUT2D eigenvalue weighted by atomic mass is 10.0. The summed E-state index contributed by atoms with van der Waals surface area (Å²) in [4.78, 5) is 28.8. The van der Waals surface area contributed by atoms with Crippen molar-refractivity contribution in [3.63, 3.8) is 0 Å². The van der Waals surface area contributed by atoms with Crippen molar-refractivity contribution in [2.24, 2.45) is 0 Å². The van der Waals surface area contributed by atoms with Gasteiger partial charge in [-0.15, -0.1) is 11.8 Å². The van der Waals surface area contributed by atoms with Gasteiger partial charge in [-0.05, 0) is 41.8 Å². The van der Waals surface area contributed by atoms with Crippen molar-refractivity contribution in [3.8, 4) is 5.75 Å². The molecular formula is C29H27N3O5S2. The normalized spacial score (nSPS) is 18.5. The molecule has 1 aromatic heterocycles. The summed E-state index contributed by atoms with van der Waals surface area (Å²) in [5.41, 5.74) is 3.52. The van der Waals surface area contributed by atoms with Crippen LogP contribution >= 0.6 is 24.0 Å². The van der Waals surface area contributed by atoms with Gasteiger partial charge in [-0.1, -0.05) is 65.9 Å². The van der Waals surface area contributed by atoms with E-state index < -0.39 is 12.0 Å². The molecule has 3 aromatic rings. The van der Waals surface area contributed by atoms with E-state index in [0.29, 0.717) is 34.2 Å². The fourth-order valence-corrected chi connectivity index (χ4v) is 5.96.